The first-order chi connectivity index (χ1) is 5.87. The minimum Gasteiger partial charge on any atom is -0.377 e. The van der Waals surface area contributed by atoms with Crippen molar-refractivity contribution in [1.29, 1.82) is 0 Å². The van der Waals surface area contributed by atoms with Crippen LogP contribution >= 0.6 is 0 Å². The van der Waals surface area contributed by atoms with Crippen LogP contribution in [0.15, 0.2) is 11.3 Å². The summed E-state index contributed by atoms with van der Waals surface area (Å²) >= 11 is 0. The maximum Gasteiger partial charge on any atom is 0.0176 e. The highest BCUT2D eigenvalue weighted by Gasteiger charge is 2.36. The molecule has 1 heteroatoms. The Kier molecular flexibility index (Phi) is 2.74. The van der Waals surface area contributed by atoms with E-state index in [1.165, 1.54) is 18.5 Å². The molecule has 76 valence electrons. The molecule has 1 aliphatic rings. The summed E-state index contributed by atoms with van der Waals surface area (Å²) in [4.78, 5) is 2.43. The summed E-state index contributed by atoms with van der Waals surface area (Å²) in [5.41, 5.74) is 3.37. The lowest BCUT2D eigenvalue weighted by Gasteiger charge is -2.46. The van der Waals surface area contributed by atoms with Gasteiger partial charge in [-0.2, -0.15) is 0 Å². The van der Waals surface area contributed by atoms with Crippen LogP contribution in [0.3, 0.4) is 0 Å². The van der Waals surface area contributed by atoms with Gasteiger partial charge < -0.3 is 4.90 Å². The summed E-state index contributed by atoms with van der Waals surface area (Å²) < 4.78 is 0. The van der Waals surface area contributed by atoms with Gasteiger partial charge in [-0.05, 0) is 26.2 Å². The molecule has 0 saturated carbocycles. The van der Waals surface area contributed by atoms with Crippen molar-refractivity contribution in [2.45, 2.75) is 41.0 Å². The van der Waals surface area contributed by atoms with Gasteiger partial charge in [0.2, 0.25) is 0 Å². The zero-order valence-electron chi connectivity index (χ0n) is 9.94. The minimum absolute atomic E-state index is 0.353. The molecular weight excluding hydrogens is 158 g/mol. The largest absolute Gasteiger partial charge is 0.377 e. The van der Waals surface area contributed by atoms with Gasteiger partial charge in [-0.25, -0.2) is 0 Å². The number of nitrogens with zero attached hydrogens (tertiary/aromatic N) is 1. The van der Waals surface area contributed by atoms with Crippen LogP contribution < -0.4 is 0 Å². The van der Waals surface area contributed by atoms with E-state index in [-0.39, 0.29) is 0 Å². The van der Waals surface area contributed by atoms with Gasteiger partial charge in [-0.1, -0.05) is 26.3 Å². The number of hydrogen-bond donors (Lipinski definition) is 0. The third-order valence-corrected chi connectivity index (χ3v) is 3.60. The van der Waals surface area contributed by atoms with Crippen molar-refractivity contribution >= 4 is 0 Å². The van der Waals surface area contributed by atoms with Crippen molar-refractivity contribution < 1.29 is 0 Å². The molecular formula is C12H23N. The van der Waals surface area contributed by atoms with Crippen LogP contribution in [-0.4, -0.2) is 18.5 Å². The second-order valence-corrected chi connectivity index (χ2v) is 5.18. The molecule has 0 bridgehead atoms. The normalized spacial score (nSPS) is 27.7. The quantitative estimate of drug-likeness (QED) is 0.554. The number of piperidine rings is 1. The average Bonchev–Trinajstić information content (AvgIpc) is 1.96. The van der Waals surface area contributed by atoms with E-state index in [1.807, 2.05) is 0 Å². The average molecular weight is 181 g/mol. The molecule has 13 heavy (non-hydrogen) atoms. The van der Waals surface area contributed by atoms with Gasteiger partial charge in [0, 0.05) is 24.7 Å². The Balaban J connectivity index is 3.07. The van der Waals surface area contributed by atoms with Gasteiger partial charge in [-0.3, -0.25) is 0 Å². The number of likely N-dealkylation sites (tertiary alicyclic amines) is 1. The fourth-order valence-electron chi connectivity index (χ4n) is 2.61. The van der Waals surface area contributed by atoms with Gasteiger partial charge >= 0.3 is 0 Å². The maximum atomic E-state index is 2.43. The molecule has 1 unspecified atom stereocenters. The van der Waals surface area contributed by atoms with Crippen LogP contribution in [0.25, 0.3) is 0 Å². The van der Waals surface area contributed by atoms with Crippen LogP contribution in [0.1, 0.15) is 41.0 Å². The lowest BCUT2D eigenvalue weighted by Crippen LogP contribution is -2.41. The SMILES string of the molecule is CC(C)=C1N(C)CCC(C)C1(C)C. The van der Waals surface area contributed by atoms with Crippen molar-refractivity contribution in [3.05, 3.63) is 11.3 Å². The summed E-state index contributed by atoms with van der Waals surface area (Å²) in [5, 5.41) is 0. The highest BCUT2D eigenvalue weighted by molar-refractivity contribution is 5.19. The van der Waals surface area contributed by atoms with E-state index in [4.69, 9.17) is 0 Å². The molecule has 1 heterocycles. The number of rotatable bonds is 0. The fourth-order valence-corrected chi connectivity index (χ4v) is 2.61. The lowest BCUT2D eigenvalue weighted by molar-refractivity contribution is 0.140. The van der Waals surface area contributed by atoms with Gasteiger partial charge in [0.1, 0.15) is 0 Å². The Labute approximate surface area is 82.8 Å². The molecule has 1 saturated heterocycles. The predicted molar refractivity (Wildman–Crippen MR) is 58.6 cm³/mol. The van der Waals surface area contributed by atoms with Crippen molar-refractivity contribution in [2.24, 2.45) is 11.3 Å². The van der Waals surface area contributed by atoms with E-state index in [2.05, 4.69) is 46.6 Å². The molecule has 0 aromatic rings. The first kappa shape index (κ1) is 10.6. The van der Waals surface area contributed by atoms with Crippen LogP contribution in [-0.2, 0) is 0 Å². The van der Waals surface area contributed by atoms with E-state index in [9.17, 15) is 0 Å². The minimum atomic E-state index is 0.353. The van der Waals surface area contributed by atoms with Crippen LogP contribution in [0, 0.1) is 11.3 Å². The molecule has 0 aromatic heterocycles. The fraction of sp³-hybridized carbons (Fsp3) is 0.833. The number of allylic oxidation sites excluding steroid dienone is 2. The number of hydrogen-bond acceptors (Lipinski definition) is 1. The molecule has 1 nitrogen and oxygen atoms in total. The summed E-state index contributed by atoms with van der Waals surface area (Å²) in [7, 11) is 2.22. The lowest BCUT2D eigenvalue weighted by atomic mass is 9.71. The van der Waals surface area contributed by atoms with Crippen molar-refractivity contribution in [3.63, 3.8) is 0 Å². The Morgan fingerprint density at radius 2 is 1.92 bits per heavy atom. The summed E-state index contributed by atoms with van der Waals surface area (Å²) in [5.74, 6) is 0.800. The zero-order valence-corrected chi connectivity index (χ0v) is 9.94. The molecule has 0 aliphatic carbocycles. The first-order valence-electron chi connectivity index (χ1n) is 5.26. The standard InChI is InChI=1S/C12H23N/c1-9(2)11-12(4,5)10(3)7-8-13(11)6/h10H,7-8H2,1-6H3. The third-order valence-electron chi connectivity index (χ3n) is 3.60. The molecule has 1 atom stereocenters. The molecule has 0 radical (unpaired) electrons. The third kappa shape index (κ3) is 1.74. The van der Waals surface area contributed by atoms with Gasteiger partial charge in [0.05, 0.1) is 0 Å². The van der Waals surface area contributed by atoms with E-state index in [0.717, 1.165) is 5.92 Å². The smallest absolute Gasteiger partial charge is 0.0176 e. The molecule has 0 amide bonds. The highest BCUT2D eigenvalue weighted by atomic mass is 15.1. The molecule has 0 spiro atoms. The van der Waals surface area contributed by atoms with Crippen molar-refractivity contribution in [3.8, 4) is 0 Å². The Hall–Kier alpha value is -0.460. The highest BCUT2D eigenvalue weighted by Crippen LogP contribution is 2.43. The topological polar surface area (TPSA) is 3.24 Å². The van der Waals surface area contributed by atoms with Gasteiger partial charge in [0.25, 0.3) is 0 Å². The molecule has 1 rings (SSSR count). The van der Waals surface area contributed by atoms with E-state index in [0.29, 0.717) is 5.41 Å². The van der Waals surface area contributed by atoms with Gasteiger partial charge in [-0.15, -0.1) is 0 Å². The second-order valence-electron chi connectivity index (χ2n) is 5.18. The van der Waals surface area contributed by atoms with Crippen LogP contribution in [0.4, 0.5) is 0 Å². The van der Waals surface area contributed by atoms with Crippen LogP contribution in [0.5, 0.6) is 0 Å². The molecule has 1 fully saturated rings. The molecule has 0 N–H and O–H groups in total. The Morgan fingerprint density at radius 1 is 1.38 bits per heavy atom. The molecule has 0 aromatic carbocycles. The molecule has 1 aliphatic heterocycles. The summed E-state index contributed by atoms with van der Waals surface area (Å²) in [6, 6.07) is 0. The van der Waals surface area contributed by atoms with Crippen molar-refractivity contribution in [2.75, 3.05) is 13.6 Å². The van der Waals surface area contributed by atoms with Crippen molar-refractivity contribution in [1.82, 2.24) is 4.90 Å². The predicted octanol–water partition coefficient (Wildman–Crippen LogP) is 3.28. The van der Waals surface area contributed by atoms with Gasteiger partial charge in [0.15, 0.2) is 0 Å². The Bertz CT molecular complexity index is 221. The summed E-state index contributed by atoms with van der Waals surface area (Å²) in [6.45, 7) is 12.8. The monoisotopic (exact) mass is 181 g/mol. The first-order valence-corrected chi connectivity index (χ1v) is 5.26. The van der Waals surface area contributed by atoms with E-state index < -0.39 is 0 Å². The second kappa shape index (κ2) is 3.36. The zero-order chi connectivity index (χ0) is 10.2. The van der Waals surface area contributed by atoms with E-state index >= 15 is 0 Å². The van der Waals surface area contributed by atoms with Crippen LogP contribution in [0.2, 0.25) is 0 Å². The Morgan fingerprint density at radius 3 is 2.31 bits per heavy atom. The summed E-state index contributed by atoms with van der Waals surface area (Å²) in [6.07, 6.45) is 1.32. The maximum absolute atomic E-state index is 2.43. The van der Waals surface area contributed by atoms with E-state index in [1.54, 1.807) is 5.70 Å².